The van der Waals surface area contributed by atoms with Gasteiger partial charge in [-0.2, -0.15) is 0 Å². The Balaban J connectivity index is 4.35. The van der Waals surface area contributed by atoms with E-state index in [9.17, 15) is 14.4 Å². The van der Waals surface area contributed by atoms with E-state index in [0.717, 1.165) is 122 Å². The average Bonchev–Trinajstić information content (AvgIpc) is 3.47. The third kappa shape index (κ3) is 66.6. The third-order valence-electron chi connectivity index (χ3n) is 14.7. The largest absolute Gasteiger partial charge is 0.462 e. The SMILES string of the molecule is CC/C=C\C/C=C\C/C=C\C/C=C\C/C=C\C/C=C\CCCCCCCCCCCCC(=O)OCC(COC(=O)CCCCCCCCC/C=C\C/C=C\C/C=C\CC)OC(=O)CCCCCCCCC/C=C\CCCCCCCCC. The lowest BCUT2D eigenvalue weighted by molar-refractivity contribution is -0.167. The van der Waals surface area contributed by atoms with E-state index in [1.54, 1.807) is 0 Å². The molecule has 0 aliphatic heterocycles. The quantitative estimate of drug-likeness (QED) is 0.0261. The highest BCUT2D eigenvalue weighted by molar-refractivity contribution is 5.71. The molecule has 1 unspecified atom stereocenters. The molecule has 0 bridgehead atoms. The molecule has 0 aromatic heterocycles. The molecule has 0 aliphatic carbocycles. The Labute approximate surface area is 507 Å². The van der Waals surface area contributed by atoms with Crippen molar-refractivity contribution in [3.63, 3.8) is 0 Å². The van der Waals surface area contributed by atoms with Gasteiger partial charge in [-0.1, -0.05) is 296 Å². The van der Waals surface area contributed by atoms with Crippen molar-refractivity contribution in [3.8, 4) is 0 Å². The van der Waals surface area contributed by atoms with Crippen LogP contribution in [0.25, 0.3) is 0 Å². The van der Waals surface area contributed by atoms with E-state index < -0.39 is 6.10 Å². The van der Waals surface area contributed by atoms with Crippen LogP contribution in [-0.2, 0) is 28.6 Å². The molecule has 0 radical (unpaired) electrons. The Morgan fingerprint density at radius 1 is 0.256 bits per heavy atom. The fourth-order valence-electron chi connectivity index (χ4n) is 9.57. The molecule has 0 rings (SSSR count). The van der Waals surface area contributed by atoms with Gasteiger partial charge in [0.25, 0.3) is 0 Å². The zero-order valence-electron chi connectivity index (χ0n) is 53.7. The molecule has 0 aromatic rings. The van der Waals surface area contributed by atoms with Crippen molar-refractivity contribution in [2.45, 2.75) is 329 Å². The molecule has 0 saturated carbocycles. The number of rotatable bonds is 62. The van der Waals surface area contributed by atoms with E-state index in [2.05, 4.69) is 142 Å². The summed E-state index contributed by atoms with van der Waals surface area (Å²) in [7, 11) is 0. The maximum Gasteiger partial charge on any atom is 0.306 e. The maximum absolute atomic E-state index is 12.9. The van der Waals surface area contributed by atoms with Gasteiger partial charge in [0.05, 0.1) is 0 Å². The van der Waals surface area contributed by atoms with Crippen molar-refractivity contribution in [2.75, 3.05) is 13.2 Å². The Kier molecular flexibility index (Phi) is 65.8. The van der Waals surface area contributed by atoms with E-state index in [1.165, 1.54) is 161 Å². The number of carbonyl (C=O) groups is 3. The summed E-state index contributed by atoms with van der Waals surface area (Å²) < 4.78 is 17.0. The first-order chi connectivity index (χ1) is 40.5. The molecule has 0 fully saturated rings. The topological polar surface area (TPSA) is 78.9 Å². The van der Waals surface area contributed by atoms with Crippen LogP contribution < -0.4 is 0 Å². The summed E-state index contributed by atoms with van der Waals surface area (Å²) in [5, 5.41) is 0. The lowest BCUT2D eigenvalue weighted by atomic mass is 10.1. The Hall–Kier alpha value is -4.19. The number of hydrogen-bond donors (Lipinski definition) is 0. The summed E-state index contributed by atoms with van der Waals surface area (Å²) in [4.78, 5) is 38.4. The lowest BCUT2D eigenvalue weighted by Crippen LogP contribution is -2.30. The van der Waals surface area contributed by atoms with Crippen LogP contribution in [0.2, 0.25) is 0 Å². The lowest BCUT2D eigenvalue weighted by Gasteiger charge is -2.18. The number of carbonyl (C=O) groups excluding carboxylic acids is 3. The number of unbranched alkanes of at least 4 members (excludes halogenated alkanes) is 31. The normalized spacial score (nSPS) is 12.9. The smallest absolute Gasteiger partial charge is 0.306 e. The zero-order chi connectivity index (χ0) is 59.2. The van der Waals surface area contributed by atoms with E-state index >= 15 is 0 Å². The van der Waals surface area contributed by atoms with E-state index in [-0.39, 0.29) is 31.1 Å². The minimum absolute atomic E-state index is 0.0860. The molecular weight excluding hydrogens is 1010 g/mol. The molecule has 6 heteroatoms. The van der Waals surface area contributed by atoms with Gasteiger partial charge in [0.1, 0.15) is 13.2 Å². The number of ether oxygens (including phenoxy) is 3. The highest BCUT2D eigenvalue weighted by Gasteiger charge is 2.19. The van der Waals surface area contributed by atoms with Crippen LogP contribution in [0.5, 0.6) is 0 Å². The van der Waals surface area contributed by atoms with Gasteiger partial charge in [0.15, 0.2) is 6.10 Å². The second kappa shape index (κ2) is 69.3. The molecule has 0 amide bonds. The molecule has 0 heterocycles. The van der Waals surface area contributed by atoms with Gasteiger partial charge in [-0.3, -0.25) is 14.4 Å². The summed E-state index contributed by atoms with van der Waals surface area (Å²) in [5.41, 5.74) is 0. The van der Waals surface area contributed by atoms with Crippen LogP contribution >= 0.6 is 0 Å². The second-order valence-electron chi connectivity index (χ2n) is 22.7. The fourth-order valence-corrected chi connectivity index (χ4v) is 9.57. The summed E-state index contributed by atoms with van der Waals surface area (Å²) in [6.45, 7) is 6.43. The van der Waals surface area contributed by atoms with Crippen molar-refractivity contribution in [3.05, 3.63) is 122 Å². The first-order valence-corrected chi connectivity index (χ1v) is 34.5. The van der Waals surface area contributed by atoms with Gasteiger partial charge >= 0.3 is 17.9 Å². The van der Waals surface area contributed by atoms with Crippen molar-refractivity contribution in [1.29, 1.82) is 0 Å². The second-order valence-corrected chi connectivity index (χ2v) is 22.7. The molecule has 1 atom stereocenters. The van der Waals surface area contributed by atoms with Gasteiger partial charge in [-0.15, -0.1) is 0 Å². The highest BCUT2D eigenvalue weighted by atomic mass is 16.6. The van der Waals surface area contributed by atoms with Crippen LogP contribution in [0.1, 0.15) is 323 Å². The molecule has 6 nitrogen and oxygen atoms in total. The predicted octanol–water partition coefficient (Wildman–Crippen LogP) is 23.9. The van der Waals surface area contributed by atoms with Gasteiger partial charge in [0.2, 0.25) is 0 Å². The first-order valence-electron chi connectivity index (χ1n) is 34.5. The average molecular weight is 1140 g/mol. The minimum atomic E-state index is -0.791. The van der Waals surface area contributed by atoms with Gasteiger partial charge in [-0.25, -0.2) is 0 Å². The highest BCUT2D eigenvalue weighted by Crippen LogP contribution is 2.16. The van der Waals surface area contributed by atoms with Crippen LogP contribution in [0.15, 0.2) is 122 Å². The van der Waals surface area contributed by atoms with Gasteiger partial charge < -0.3 is 14.2 Å². The van der Waals surface area contributed by atoms with Gasteiger partial charge in [-0.05, 0) is 128 Å². The number of esters is 3. The molecule has 0 saturated heterocycles. The summed E-state index contributed by atoms with van der Waals surface area (Å²) in [6, 6.07) is 0. The van der Waals surface area contributed by atoms with Crippen LogP contribution in [0.3, 0.4) is 0 Å². The molecule has 0 N–H and O–H groups in total. The third-order valence-corrected chi connectivity index (χ3v) is 14.7. The number of allylic oxidation sites excluding steroid dienone is 20. The molecular formula is C76H128O6. The van der Waals surface area contributed by atoms with E-state index in [0.29, 0.717) is 19.3 Å². The van der Waals surface area contributed by atoms with Crippen LogP contribution in [-0.4, -0.2) is 37.2 Å². The fraction of sp³-hybridized carbons (Fsp3) is 0.697. The molecule has 0 aromatic carbocycles. The first kappa shape index (κ1) is 77.8. The Morgan fingerprint density at radius 2 is 0.476 bits per heavy atom. The summed E-state index contributed by atoms with van der Waals surface area (Å²) in [6.07, 6.45) is 96.4. The molecule has 468 valence electrons. The van der Waals surface area contributed by atoms with Crippen molar-refractivity contribution >= 4 is 17.9 Å². The van der Waals surface area contributed by atoms with Crippen LogP contribution in [0.4, 0.5) is 0 Å². The van der Waals surface area contributed by atoms with E-state index in [1.807, 2.05) is 0 Å². The Bertz CT molecular complexity index is 1690. The monoisotopic (exact) mass is 1140 g/mol. The molecule has 82 heavy (non-hydrogen) atoms. The minimum Gasteiger partial charge on any atom is -0.462 e. The molecule has 0 spiro atoms. The van der Waals surface area contributed by atoms with Crippen molar-refractivity contribution < 1.29 is 28.6 Å². The standard InChI is InChI=1S/C76H128O6/c1-4-7-10-13-16-19-22-25-28-31-33-34-35-36-37-38-39-40-41-42-43-46-48-51-54-57-60-63-66-69-75(78)81-72-73(71-80-74(77)68-65-62-59-56-53-50-47-44-30-27-24-21-18-15-12-9-6-3)82-76(79)70-67-64-61-58-55-52-49-45-32-29-26-23-20-17-14-11-8-5-2/h7,9-10,12,16,18-19,21,25,27-30,32-34,36-37,39-40,73H,4-6,8,11,13-15,17,20,22-24,26,31,35,38,41-72H2,1-3H3/b10-7-,12-9-,19-16-,21-18-,28-25-,30-27-,32-29-,34-33-,37-36-,40-39-. The number of hydrogen-bond acceptors (Lipinski definition) is 6. The maximum atomic E-state index is 12.9. The van der Waals surface area contributed by atoms with Crippen LogP contribution in [0, 0.1) is 0 Å². The van der Waals surface area contributed by atoms with Crippen molar-refractivity contribution in [1.82, 2.24) is 0 Å². The predicted molar refractivity (Wildman–Crippen MR) is 357 cm³/mol. The zero-order valence-corrected chi connectivity index (χ0v) is 53.7. The van der Waals surface area contributed by atoms with E-state index in [4.69, 9.17) is 14.2 Å². The summed E-state index contributed by atoms with van der Waals surface area (Å²) >= 11 is 0. The molecule has 0 aliphatic rings. The van der Waals surface area contributed by atoms with Crippen molar-refractivity contribution in [2.24, 2.45) is 0 Å². The van der Waals surface area contributed by atoms with Gasteiger partial charge in [0, 0.05) is 19.3 Å². The Morgan fingerprint density at radius 3 is 0.756 bits per heavy atom. The summed E-state index contributed by atoms with van der Waals surface area (Å²) in [5.74, 6) is -0.894.